The summed E-state index contributed by atoms with van der Waals surface area (Å²) in [5, 5.41) is 8.41. The molecule has 6 nitrogen and oxygen atoms in total. The molecule has 0 aromatic heterocycles. The van der Waals surface area contributed by atoms with Crippen LogP contribution in [0.2, 0.25) is 0 Å². The lowest BCUT2D eigenvalue weighted by atomic mass is 10.1. The first-order chi connectivity index (χ1) is 27.4. The van der Waals surface area contributed by atoms with E-state index in [0.717, 1.165) is 36.8 Å². The third kappa shape index (κ3) is 19.6. The van der Waals surface area contributed by atoms with E-state index in [9.17, 15) is 14.4 Å². The molecule has 0 atom stereocenters. The van der Waals surface area contributed by atoms with Gasteiger partial charge in [-0.3, -0.25) is 14.4 Å². The molecule has 56 heavy (non-hydrogen) atoms. The molecule has 0 unspecified atom stereocenters. The topological polar surface area (TPSA) is 87.3 Å². The van der Waals surface area contributed by atoms with Crippen molar-refractivity contribution in [2.75, 3.05) is 16.0 Å². The largest absolute Gasteiger partial charge is 0.326 e. The highest BCUT2D eigenvalue weighted by atomic mass is 16.2. The van der Waals surface area contributed by atoms with E-state index in [0.29, 0.717) is 17.1 Å². The van der Waals surface area contributed by atoms with Gasteiger partial charge in [0.25, 0.3) is 11.8 Å². The van der Waals surface area contributed by atoms with E-state index in [1.165, 1.54) is 115 Å². The quantitative estimate of drug-likeness (QED) is 0.0748. The Kier molecular flexibility index (Phi) is 22.2. The van der Waals surface area contributed by atoms with Gasteiger partial charge in [0.05, 0.1) is 0 Å². The maximum absolute atomic E-state index is 13.3. The molecule has 3 aromatic carbocycles. The van der Waals surface area contributed by atoms with E-state index in [2.05, 4.69) is 77.2 Å². The summed E-state index contributed by atoms with van der Waals surface area (Å²) in [6.07, 6.45) is 22.2. The lowest BCUT2D eigenvalue weighted by Gasteiger charge is -2.12. The first kappa shape index (κ1) is 44.7. The summed E-state index contributed by atoms with van der Waals surface area (Å²) >= 11 is 0. The average Bonchev–Trinajstić information content (AvgIpc) is 3.19. The number of rotatable bonds is 21. The van der Waals surface area contributed by atoms with Gasteiger partial charge in [-0.15, -0.1) is 0 Å². The summed E-state index contributed by atoms with van der Waals surface area (Å²) < 4.78 is 0. The smallest absolute Gasteiger partial charge is 0.255 e. The third-order valence-electron chi connectivity index (χ3n) is 9.09. The third-order valence-corrected chi connectivity index (χ3v) is 9.09. The van der Waals surface area contributed by atoms with E-state index in [1.54, 1.807) is 24.3 Å². The minimum atomic E-state index is -0.430. The molecule has 292 valence electrons. The molecule has 3 amide bonds. The number of hydrogen-bond acceptors (Lipinski definition) is 3. The predicted octanol–water partition coefficient (Wildman–Crippen LogP) is 11.9. The van der Waals surface area contributed by atoms with Crippen LogP contribution >= 0.6 is 0 Å². The van der Waals surface area contributed by atoms with Crippen molar-refractivity contribution in [3.05, 3.63) is 89.0 Å². The summed E-state index contributed by atoms with van der Waals surface area (Å²) in [4.78, 5) is 38.5. The highest BCUT2D eigenvalue weighted by Crippen LogP contribution is 2.20. The number of anilines is 3. The van der Waals surface area contributed by atoms with Gasteiger partial charge in [-0.05, 0) is 103 Å². The highest BCUT2D eigenvalue weighted by Gasteiger charge is 2.15. The van der Waals surface area contributed by atoms with Crippen molar-refractivity contribution in [3.8, 4) is 47.4 Å². The zero-order chi connectivity index (χ0) is 40.1. The molecular weight excluding hydrogens is 691 g/mol. The van der Waals surface area contributed by atoms with Gasteiger partial charge < -0.3 is 16.0 Å². The van der Waals surface area contributed by atoms with E-state index in [-0.39, 0.29) is 17.0 Å². The van der Waals surface area contributed by atoms with E-state index >= 15 is 0 Å². The molecule has 0 aliphatic heterocycles. The minimum Gasteiger partial charge on any atom is -0.326 e. The second-order valence-electron chi connectivity index (χ2n) is 14.1. The maximum atomic E-state index is 13.3. The van der Waals surface area contributed by atoms with Crippen LogP contribution in [0.1, 0.15) is 168 Å². The van der Waals surface area contributed by atoms with Gasteiger partial charge in [0, 0.05) is 59.1 Å². The van der Waals surface area contributed by atoms with E-state index in [4.69, 9.17) is 0 Å². The van der Waals surface area contributed by atoms with Crippen LogP contribution in [0.25, 0.3) is 0 Å². The van der Waals surface area contributed by atoms with E-state index < -0.39 is 11.8 Å². The Morgan fingerprint density at radius 3 is 1.20 bits per heavy atom. The number of unbranched alkanes of at least 4 members (excludes halogenated alkanes) is 16. The van der Waals surface area contributed by atoms with Crippen LogP contribution in [-0.2, 0) is 4.79 Å². The summed E-state index contributed by atoms with van der Waals surface area (Å²) in [6.45, 7) is 5.85. The number of carbonyl (C=O) groups excluding carboxylic acids is 3. The number of carbonyl (C=O) groups is 3. The Labute approximate surface area is 336 Å². The Balaban J connectivity index is 1.51. The molecule has 0 saturated heterocycles. The van der Waals surface area contributed by atoms with Crippen LogP contribution < -0.4 is 16.0 Å². The van der Waals surface area contributed by atoms with Crippen LogP contribution in [0.4, 0.5) is 17.1 Å². The lowest BCUT2D eigenvalue weighted by molar-refractivity contribution is -0.114. The number of amides is 3. The van der Waals surface area contributed by atoms with Gasteiger partial charge in [-0.25, -0.2) is 0 Å². The summed E-state index contributed by atoms with van der Waals surface area (Å²) in [5.74, 6) is 22.9. The fourth-order valence-corrected chi connectivity index (χ4v) is 5.96. The van der Waals surface area contributed by atoms with Gasteiger partial charge in [-0.1, -0.05) is 127 Å². The van der Waals surface area contributed by atoms with E-state index in [1.807, 2.05) is 24.3 Å². The van der Waals surface area contributed by atoms with Gasteiger partial charge in [0.1, 0.15) is 0 Å². The minimum absolute atomic E-state index is 0.214. The first-order valence-corrected chi connectivity index (χ1v) is 20.6. The standard InChI is InChI=1S/C50H59N3O3/c1-4-6-8-10-12-14-16-18-20-22-24-26-28-42-30-34-46(35-31-42)52-49(55)44-38-45(40-48(39-44)51-41(3)54)50(56)53-47-36-32-43(33-37-47)29-27-25-23-21-19-17-15-13-11-9-7-5-2/h30-40H,4-21H2,1-3H3,(H,51,54)(H,52,55)(H,53,56). The lowest BCUT2D eigenvalue weighted by Crippen LogP contribution is -2.17. The highest BCUT2D eigenvalue weighted by molar-refractivity contribution is 6.10. The Hall–Kier alpha value is -5.69. The van der Waals surface area contributed by atoms with Crippen LogP contribution in [-0.4, -0.2) is 17.7 Å². The molecule has 3 rings (SSSR count). The number of benzene rings is 3. The normalized spacial score (nSPS) is 9.91. The maximum Gasteiger partial charge on any atom is 0.255 e. The molecule has 0 radical (unpaired) electrons. The molecule has 6 heteroatoms. The van der Waals surface area contributed by atoms with Crippen molar-refractivity contribution in [2.24, 2.45) is 0 Å². The van der Waals surface area contributed by atoms with Crippen molar-refractivity contribution in [3.63, 3.8) is 0 Å². The molecule has 0 spiro atoms. The molecule has 0 heterocycles. The van der Waals surface area contributed by atoms with Gasteiger partial charge in [-0.2, -0.15) is 0 Å². The second-order valence-corrected chi connectivity index (χ2v) is 14.1. The monoisotopic (exact) mass is 749 g/mol. The molecule has 0 aliphatic rings. The first-order valence-electron chi connectivity index (χ1n) is 20.6. The van der Waals surface area contributed by atoms with Gasteiger partial charge >= 0.3 is 0 Å². The van der Waals surface area contributed by atoms with Crippen molar-refractivity contribution in [1.29, 1.82) is 0 Å². The molecule has 3 aromatic rings. The van der Waals surface area contributed by atoms with Crippen molar-refractivity contribution in [2.45, 2.75) is 136 Å². The second kappa shape index (κ2) is 27.8. The van der Waals surface area contributed by atoms with Crippen LogP contribution in [0, 0.1) is 47.4 Å². The molecule has 3 N–H and O–H groups in total. The Morgan fingerprint density at radius 1 is 0.446 bits per heavy atom. The SMILES string of the molecule is CCCCCCCCCCC#CC#Cc1ccc(NC(=O)c2cc(NC(C)=O)cc(C(=O)Nc3ccc(C#CC#CCCCCCCCCCC)cc3)c2)cc1. The summed E-state index contributed by atoms with van der Waals surface area (Å²) in [7, 11) is 0. The van der Waals surface area contributed by atoms with Crippen molar-refractivity contribution >= 4 is 34.8 Å². The molecular formula is C50H59N3O3. The molecule has 0 bridgehead atoms. The van der Waals surface area contributed by atoms with Crippen LogP contribution in [0.15, 0.2) is 66.7 Å². The summed E-state index contributed by atoms with van der Waals surface area (Å²) in [5.41, 5.74) is 3.46. The molecule has 0 saturated carbocycles. The predicted molar refractivity (Wildman–Crippen MR) is 233 cm³/mol. The average molecular weight is 750 g/mol. The van der Waals surface area contributed by atoms with Gasteiger partial charge in [0.2, 0.25) is 5.91 Å². The number of hydrogen-bond donors (Lipinski definition) is 3. The van der Waals surface area contributed by atoms with Crippen LogP contribution in [0.5, 0.6) is 0 Å². The van der Waals surface area contributed by atoms with Crippen molar-refractivity contribution < 1.29 is 14.4 Å². The summed E-state index contributed by atoms with van der Waals surface area (Å²) in [6, 6.07) is 18.9. The molecule has 0 aliphatic carbocycles. The van der Waals surface area contributed by atoms with Crippen molar-refractivity contribution in [1.82, 2.24) is 0 Å². The fourth-order valence-electron chi connectivity index (χ4n) is 5.96. The van der Waals surface area contributed by atoms with Gasteiger partial charge in [0.15, 0.2) is 0 Å². The van der Waals surface area contributed by atoms with Crippen LogP contribution in [0.3, 0.4) is 0 Å². The molecule has 0 fully saturated rings. The fraction of sp³-hybridized carbons (Fsp3) is 0.420. The number of nitrogens with one attached hydrogen (secondary N) is 3. The zero-order valence-corrected chi connectivity index (χ0v) is 33.8. The Bertz CT molecular complexity index is 1800. The Morgan fingerprint density at radius 2 is 0.821 bits per heavy atom. The zero-order valence-electron chi connectivity index (χ0n) is 33.8.